The van der Waals surface area contributed by atoms with Crippen molar-refractivity contribution in [3.63, 3.8) is 0 Å². The molecule has 0 radical (unpaired) electrons. The van der Waals surface area contributed by atoms with Crippen LogP contribution in [0.25, 0.3) is 0 Å². The predicted molar refractivity (Wildman–Crippen MR) is 86.0 cm³/mol. The first kappa shape index (κ1) is 14.0. The first-order valence-electron chi connectivity index (χ1n) is 7.22. The van der Waals surface area contributed by atoms with E-state index in [0.717, 1.165) is 6.42 Å². The highest BCUT2D eigenvalue weighted by molar-refractivity contribution is 5.98. The summed E-state index contributed by atoms with van der Waals surface area (Å²) in [5.74, 6) is -0.124. The molecule has 1 aromatic heterocycles. The van der Waals surface area contributed by atoms with E-state index in [1.54, 1.807) is 16.8 Å². The normalized spacial score (nSPS) is 10.2. The Morgan fingerprint density at radius 1 is 0.773 bits per heavy atom. The van der Waals surface area contributed by atoms with Gasteiger partial charge in [-0.15, -0.1) is 5.43 Å². The maximum absolute atomic E-state index is 12.1. The van der Waals surface area contributed by atoms with Crippen molar-refractivity contribution < 1.29 is 9.47 Å². The molecular weight excluding hydrogens is 272 g/mol. The molecule has 0 aliphatic carbocycles. The zero-order valence-corrected chi connectivity index (χ0v) is 12.1. The van der Waals surface area contributed by atoms with Crippen molar-refractivity contribution >= 4 is 5.91 Å². The van der Waals surface area contributed by atoms with Gasteiger partial charge in [0.2, 0.25) is 0 Å². The molecule has 2 aromatic carbocycles. The molecular formula is C19H17N2O+. The van der Waals surface area contributed by atoms with Gasteiger partial charge in [0.1, 0.15) is 0 Å². The number of pyridine rings is 1. The maximum Gasteiger partial charge on any atom is 0.305 e. The number of carbonyl (C=O) groups excluding carboxylic acids is 1. The summed E-state index contributed by atoms with van der Waals surface area (Å²) >= 11 is 0. The van der Waals surface area contributed by atoms with Gasteiger partial charge in [0.15, 0.2) is 12.4 Å². The molecule has 0 spiro atoms. The molecule has 0 bridgehead atoms. The number of hydrogen-bond acceptors (Lipinski definition) is 1. The van der Waals surface area contributed by atoms with Crippen molar-refractivity contribution in [2.75, 3.05) is 5.43 Å². The van der Waals surface area contributed by atoms with Crippen LogP contribution < -0.4 is 10.1 Å². The maximum atomic E-state index is 12.1. The average Bonchev–Trinajstić information content (AvgIpc) is 2.58. The van der Waals surface area contributed by atoms with Crippen LogP contribution in [-0.2, 0) is 6.42 Å². The monoisotopic (exact) mass is 289 g/mol. The highest BCUT2D eigenvalue weighted by Crippen LogP contribution is 2.07. The van der Waals surface area contributed by atoms with Gasteiger partial charge < -0.3 is 0 Å². The van der Waals surface area contributed by atoms with E-state index in [1.807, 2.05) is 60.9 Å². The Balaban J connectivity index is 1.66. The highest BCUT2D eigenvalue weighted by atomic mass is 16.2. The van der Waals surface area contributed by atoms with Gasteiger partial charge in [-0.1, -0.05) is 53.2 Å². The fraction of sp³-hybridized carbons (Fsp3) is 0.0526. The van der Waals surface area contributed by atoms with Crippen LogP contribution in [0.4, 0.5) is 0 Å². The fourth-order valence-electron chi connectivity index (χ4n) is 2.25. The lowest BCUT2D eigenvalue weighted by Crippen LogP contribution is -2.47. The minimum Gasteiger partial charge on any atom is -0.264 e. The summed E-state index contributed by atoms with van der Waals surface area (Å²) in [6, 6.07) is 23.5. The summed E-state index contributed by atoms with van der Waals surface area (Å²) in [5.41, 5.74) is 5.95. The second kappa shape index (κ2) is 6.68. The lowest BCUT2D eigenvalue weighted by Gasteiger charge is -2.02. The molecule has 1 heterocycles. The van der Waals surface area contributed by atoms with Gasteiger partial charge in [0, 0.05) is 17.7 Å². The van der Waals surface area contributed by atoms with Crippen LogP contribution >= 0.6 is 0 Å². The number of nitrogens with one attached hydrogen (secondary N) is 1. The van der Waals surface area contributed by atoms with Crippen LogP contribution in [0.1, 0.15) is 21.5 Å². The van der Waals surface area contributed by atoms with E-state index in [4.69, 9.17) is 0 Å². The van der Waals surface area contributed by atoms with Crippen molar-refractivity contribution in [3.8, 4) is 0 Å². The van der Waals surface area contributed by atoms with Crippen molar-refractivity contribution in [2.24, 2.45) is 0 Å². The van der Waals surface area contributed by atoms with Crippen LogP contribution in [0.3, 0.4) is 0 Å². The molecule has 1 N–H and O–H groups in total. The van der Waals surface area contributed by atoms with Gasteiger partial charge in [-0.05, 0) is 29.7 Å². The fourth-order valence-corrected chi connectivity index (χ4v) is 2.25. The Labute approximate surface area is 129 Å². The number of hydrogen-bond donors (Lipinski definition) is 1. The van der Waals surface area contributed by atoms with Gasteiger partial charge in [-0.25, -0.2) is 0 Å². The van der Waals surface area contributed by atoms with Crippen molar-refractivity contribution in [1.29, 1.82) is 0 Å². The third kappa shape index (κ3) is 3.58. The van der Waals surface area contributed by atoms with Crippen LogP contribution in [0.5, 0.6) is 0 Å². The Hall–Kier alpha value is -2.94. The lowest BCUT2D eigenvalue weighted by atomic mass is 10.1. The van der Waals surface area contributed by atoms with E-state index < -0.39 is 0 Å². The third-order valence-corrected chi connectivity index (χ3v) is 3.42. The van der Waals surface area contributed by atoms with Gasteiger partial charge in [-0.2, -0.15) is 0 Å². The minimum absolute atomic E-state index is 0.124. The molecule has 3 rings (SSSR count). The number of aromatic nitrogens is 1. The van der Waals surface area contributed by atoms with Crippen LogP contribution in [0, 0.1) is 0 Å². The molecule has 0 fully saturated rings. The number of rotatable bonds is 4. The Bertz CT molecular complexity index is 737. The van der Waals surface area contributed by atoms with Crippen LogP contribution in [0.2, 0.25) is 0 Å². The number of nitrogens with zero attached hydrogens (tertiary/aromatic N) is 1. The number of benzene rings is 2. The molecule has 1 amide bonds. The van der Waals surface area contributed by atoms with E-state index in [0.29, 0.717) is 5.56 Å². The smallest absolute Gasteiger partial charge is 0.264 e. The first-order chi connectivity index (χ1) is 10.8. The van der Waals surface area contributed by atoms with Crippen LogP contribution in [-0.4, -0.2) is 5.91 Å². The zero-order valence-electron chi connectivity index (χ0n) is 12.1. The molecule has 3 heteroatoms. The molecule has 0 aliphatic heterocycles. The van der Waals surface area contributed by atoms with E-state index in [1.165, 1.54) is 11.1 Å². The van der Waals surface area contributed by atoms with Gasteiger partial charge in [0.25, 0.3) is 0 Å². The first-order valence-corrected chi connectivity index (χ1v) is 7.22. The number of amides is 1. The third-order valence-electron chi connectivity index (χ3n) is 3.42. The van der Waals surface area contributed by atoms with Crippen molar-refractivity contribution in [3.05, 3.63) is 102 Å². The Morgan fingerprint density at radius 3 is 1.95 bits per heavy atom. The SMILES string of the molecule is O=C(N[n+]1ccc(Cc2ccccc2)cc1)c1ccccc1. The van der Waals surface area contributed by atoms with E-state index in [9.17, 15) is 4.79 Å². The predicted octanol–water partition coefficient (Wildman–Crippen LogP) is 2.95. The second-order valence-electron chi connectivity index (χ2n) is 5.08. The lowest BCUT2D eigenvalue weighted by molar-refractivity contribution is -0.641. The van der Waals surface area contributed by atoms with Crippen molar-refractivity contribution in [2.45, 2.75) is 6.42 Å². The summed E-state index contributed by atoms with van der Waals surface area (Å²) in [5, 5.41) is 0. The summed E-state index contributed by atoms with van der Waals surface area (Å²) < 4.78 is 1.67. The highest BCUT2D eigenvalue weighted by Gasteiger charge is 2.09. The Morgan fingerprint density at radius 2 is 1.32 bits per heavy atom. The molecule has 0 saturated carbocycles. The summed E-state index contributed by atoms with van der Waals surface area (Å²) in [7, 11) is 0. The van der Waals surface area contributed by atoms with E-state index >= 15 is 0 Å². The molecule has 0 aliphatic rings. The quantitative estimate of drug-likeness (QED) is 0.736. The number of carbonyl (C=O) groups is 1. The minimum atomic E-state index is -0.124. The van der Waals surface area contributed by atoms with Crippen LogP contribution in [0.15, 0.2) is 85.2 Å². The van der Waals surface area contributed by atoms with E-state index in [2.05, 4.69) is 17.6 Å². The summed E-state index contributed by atoms with van der Waals surface area (Å²) in [6.45, 7) is 0. The average molecular weight is 289 g/mol. The molecule has 3 aromatic rings. The Kier molecular flexibility index (Phi) is 4.25. The zero-order chi connectivity index (χ0) is 15.2. The molecule has 3 nitrogen and oxygen atoms in total. The van der Waals surface area contributed by atoms with E-state index in [-0.39, 0.29) is 5.91 Å². The largest absolute Gasteiger partial charge is 0.305 e. The molecule has 0 saturated heterocycles. The molecule has 0 unspecified atom stereocenters. The second-order valence-corrected chi connectivity index (χ2v) is 5.08. The van der Waals surface area contributed by atoms with Gasteiger partial charge in [0.05, 0.1) is 0 Å². The van der Waals surface area contributed by atoms with Crippen molar-refractivity contribution in [1.82, 2.24) is 0 Å². The summed E-state index contributed by atoms with van der Waals surface area (Å²) in [4.78, 5) is 12.1. The topological polar surface area (TPSA) is 33.0 Å². The molecule has 108 valence electrons. The summed E-state index contributed by atoms with van der Waals surface area (Å²) in [6.07, 6.45) is 4.60. The van der Waals surface area contributed by atoms with Gasteiger partial charge in [-0.3, -0.25) is 4.79 Å². The standard InChI is InChI=1S/C19H16N2O/c22-19(18-9-5-2-6-10-18)20-21-13-11-17(12-14-21)15-16-7-3-1-4-8-16/h1-14H,15H2/p+1. The molecule has 0 atom stereocenters. The van der Waals surface area contributed by atoms with Gasteiger partial charge >= 0.3 is 5.91 Å². The molecule has 22 heavy (non-hydrogen) atoms.